The van der Waals surface area contributed by atoms with Gasteiger partial charge >= 0.3 is 6.18 Å². The van der Waals surface area contributed by atoms with Crippen LogP contribution in [-0.2, 0) is 11.3 Å². The smallest absolute Gasteiger partial charge is 0.344 e. The van der Waals surface area contributed by atoms with Gasteiger partial charge in [0, 0.05) is 25.8 Å². The van der Waals surface area contributed by atoms with Gasteiger partial charge in [0.1, 0.15) is 12.6 Å². The number of nitrogens with one attached hydrogen (secondary N) is 1. The molecular formula is C23H21F4N5O2. The lowest BCUT2D eigenvalue weighted by molar-refractivity contribution is -0.182. The number of hydrogen-bond acceptors (Lipinski definition) is 4. The summed E-state index contributed by atoms with van der Waals surface area (Å²) in [5, 5.41) is 6.45. The number of anilines is 2. The number of alkyl halides is 3. The molecule has 0 aliphatic carbocycles. The summed E-state index contributed by atoms with van der Waals surface area (Å²) >= 11 is 0. The SMILES string of the molecule is CN(c1ccc2[nH]nc(F)c2c1)c1cccc2c1C(=O)N(CC(=O)N1CCCC1C(F)(F)F)C2. The molecule has 0 spiro atoms. The molecule has 1 unspecified atom stereocenters. The van der Waals surface area contributed by atoms with Crippen molar-refractivity contribution < 1.29 is 27.2 Å². The topological polar surface area (TPSA) is 72.5 Å². The molecule has 0 bridgehead atoms. The summed E-state index contributed by atoms with van der Waals surface area (Å²) in [7, 11) is 1.73. The molecule has 0 radical (unpaired) electrons. The number of likely N-dealkylation sites (tertiary alicyclic amines) is 1. The molecule has 2 aliphatic rings. The molecule has 178 valence electrons. The Morgan fingerprint density at radius 2 is 2.06 bits per heavy atom. The van der Waals surface area contributed by atoms with Gasteiger partial charge in [-0.15, -0.1) is 5.10 Å². The number of fused-ring (bicyclic) bond motifs is 2. The number of amides is 2. The Balaban J connectivity index is 1.39. The Morgan fingerprint density at radius 1 is 1.26 bits per heavy atom. The van der Waals surface area contributed by atoms with Crippen LogP contribution in [0.1, 0.15) is 28.8 Å². The Labute approximate surface area is 191 Å². The van der Waals surface area contributed by atoms with E-state index >= 15 is 0 Å². The molecule has 34 heavy (non-hydrogen) atoms. The molecule has 3 aromatic rings. The molecular weight excluding hydrogens is 454 g/mol. The maximum Gasteiger partial charge on any atom is 0.408 e. The first-order chi connectivity index (χ1) is 16.1. The van der Waals surface area contributed by atoms with Gasteiger partial charge in [0.05, 0.1) is 22.2 Å². The number of nitrogens with zero attached hydrogens (tertiary/aromatic N) is 4. The van der Waals surface area contributed by atoms with Crippen LogP contribution >= 0.6 is 0 Å². The van der Waals surface area contributed by atoms with Crippen LogP contribution in [0, 0.1) is 5.95 Å². The van der Waals surface area contributed by atoms with Crippen LogP contribution in [0.25, 0.3) is 10.9 Å². The van der Waals surface area contributed by atoms with E-state index in [9.17, 15) is 27.2 Å². The molecule has 1 aromatic heterocycles. The number of carbonyl (C=O) groups excluding carboxylic acids is 2. The van der Waals surface area contributed by atoms with Crippen LogP contribution in [0.4, 0.5) is 28.9 Å². The zero-order chi connectivity index (χ0) is 24.2. The average molecular weight is 475 g/mol. The lowest BCUT2D eigenvalue weighted by Gasteiger charge is -2.28. The van der Waals surface area contributed by atoms with E-state index in [1.165, 1.54) is 4.90 Å². The summed E-state index contributed by atoms with van der Waals surface area (Å²) in [4.78, 5) is 29.8. The zero-order valence-electron chi connectivity index (χ0n) is 18.2. The van der Waals surface area contributed by atoms with E-state index in [1.54, 1.807) is 48.3 Å². The van der Waals surface area contributed by atoms with Crippen molar-refractivity contribution in [2.45, 2.75) is 31.6 Å². The van der Waals surface area contributed by atoms with Gasteiger partial charge in [-0.1, -0.05) is 12.1 Å². The fraction of sp³-hybridized carbons (Fsp3) is 0.348. The fourth-order valence-electron chi connectivity index (χ4n) is 4.79. The third kappa shape index (κ3) is 3.64. The van der Waals surface area contributed by atoms with Crippen molar-refractivity contribution in [2.75, 3.05) is 25.0 Å². The molecule has 1 N–H and O–H groups in total. The van der Waals surface area contributed by atoms with Crippen molar-refractivity contribution in [3.8, 4) is 0 Å². The third-order valence-corrected chi connectivity index (χ3v) is 6.52. The highest BCUT2D eigenvalue weighted by molar-refractivity contribution is 6.05. The largest absolute Gasteiger partial charge is 0.408 e. The second-order valence-corrected chi connectivity index (χ2v) is 8.56. The Hall–Kier alpha value is -3.63. The van der Waals surface area contributed by atoms with E-state index in [-0.39, 0.29) is 25.9 Å². The predicted molar refractivity (Wildman–Crippen MR) is 116 cm³/mol. The van der Waals surface area contributed by atoms with Crippen molar-refractivity contribution in [3.05, 3.63) is 53.5 Å². The molecule has 0 saturated carbocycles. The minimum atomic E-state index is -4.49. The molecule has 1 atom stereocenters. The van der Waals surface area contributed by atoms with Crippen molar-refractivity contribution in [3.63, 3.8) is 0 Å². The lowest BCUT2D eigenvalue weighted by atomic mass is 10.1. The highest BCUT2D eigenvalue weighted by Crippen LogP contribution is 2.36. The van der Waals surface area contributed by atoms with Gasteiger partial charge in [-0.2, -0.15) is 17.6 Å². The first-order valence-corrected chi connectivity index (χ1v) is 10.8. The predicted octanol–water partition coefficient (Wildman–Crippen LogP) is 3.98. The van der Waals surface area contributed by atoms with E-state index < -0.39 is 36.5 Å². The number of carbonyl (C=O) groups is 2. The van der Waals surface area contributed by atoms with Gasteiger partial charge < -0.3 is 14.7 Å². The molecule has 3 heterocycles. The summed E-state index contributed by atoms with van der Waals surface area (Å²) < 4.78 is 53.8. The van der Waals surface area contributed by atoms with Crippen LogP contribution < -0.4 is 4.90 Å². The third-order valence-electron chi connectivity index (χ3n) is 6.52. The van der Waals surface area contributed by atoms with Gasteiger partial charge in [-0.25, -0.2) is 0 Å². The van der Waals surface area contributed by atoms with Crippen molar-refractivity contribution in [2.24, 2.45) is 0 Å². The van der Waals surface area contributed by atoms with Gasteiger partial charge in [-0.3, -0.25) is 14.7 Å². The number of aromatic amines is 1. The van der Waals surface area contributed by atoms with Gasteiger partial charge in [0.2, 0.25) is 11.9 Å². The zero-order valence-corrected chi connectivity index (χ0v) is 18.2. The van der Waals surface area contributed by atoms with Crippen molar-refractivity contribution >= 4 is 34.1 Å². The molecule has 2 aromatic carbocycles. The summed E-state index contributed by atoms with van der Waals surface area (Å²) in [5.41, 5.74) is 2.75. The van der Waals surface area contributed by atoms with Crippen molar-refractivity contribution in [1.29, 1.82) is 0 Å². The van der Waals surface area contributed by atoms with Crippen molar-refractivity contribution in [1.82, 2.24) is 20.0 Å². The van der Waals surface area contributed by atoms with E-state index in [1.807, 2.05) is 0 Å². The standard InChI is InChI=1S/C23H21F4N5O2/c1-30(14-7-8-16-15(10-14)21(24)29-28-16)17-5-2-4-13-11-31(22(34)20(13)17)12-19(33)32-9-3-6-18(32)23(25,26)27/h2,4-5,7-8,10,18H,3,6,9,11-12H2,1H3,(H,28,29). The van der Waals surface area contributed by atoms with Crippen LogP contribution in [0.2, 0.25) is 0 Å². The molecule has 7 nitrogen and oxygen atoms in total. The molecule has 11 heteroatoms. The molecule has 1 saturated heterocycles. The molecule has 2 aliphatic heterocycles. The maximum absolute atomic E-state index is 13.9. The Kier molecular flexibility index (Phi) is 5.22. The van der Waals surface area contributed by atoms with E-state index in [0.717, 1.165) is 4.90 Å². The monoisotopic (exact) mass is 475 g/mol. The fourth-order valence-corrected chi connectivity index (χ4v) is 4.79. The van der Waals surface area contributed by atoms with Crippen LogP contribution in [0.15, 0.2) is 36.4 Å². The summed E-state index contributed by atoms with van der Waals surface area (Å²) in [6.07, 6.45) is -4.34. The minimum Gasteiger partial charge on any atom is -0.344 e. The Morgan fingerprint density at radius 3 is 2.82 bits per heavy atom. The highest BCUT2D eigenvalue weighted by Gasteiger charge is 2.48. The van der Waals surface area contributed by atoms with E-state index in [2.05, 4.69) is 10.2 Å². The molecule has 2 amide bonds. The molecule has 5 rings (SSSR count). The highest BCUT2D eigenvalue weighted by atomic mass is 19.4. The lowest BCUT2D eigenvalue weighted by Crippen LogP contribution is -2.48. The normalized spacial score (nSPS) is 18.1. The number of halogens is 4. The second-order valence-electron chi connectivity index (χ2n) is 8.56. The quantitative estimate of drug-likeness (QED) is 0.580. The second kappa shape index (κ2) is 8.00. The van der Waals surface area contributed by atoms with Gasteiger partial charge in [0.25, 0.3) is 5.91 Å². The first kappa shape index (κ1) is 22.2. The van der Waals surface area contributed by atoms with Gasteiger partial charge in [0.15, 0.2) is 0 Å². The van der Waals surface area contributed by atoms with Crippen LogP contribution in [-0.4, -0.2) is 64.2 Å². The summed E-state index contributed by atoms with van der Waals surface area (Å²) in [6.45, 7) is -0.268. The minimum absolute atomic E-state index is 0.0268. The van der Waals surface area contributed by atoms with Crippen LogP contribution in [0.3, 0.4) is 0 Å². The average Bonchev–Trinajstić information content (AvgIpc) is 3.51. The number of aromatic nitrogens is 2. The van der Waals surface area contributed by atoms with E-state index in [0.29, 0.717) is 33.4 Å². The number of benzene rings is 2. The maximum atomic E-state index is 13.9. The Bertz CT molecular complexity index is 1290. The number of hydrogen-bond donors (Lipinski definition) is 1. The van der Waals surface area contributed by atoms with E-state index in [4.69, 9.17) is 0 Å². The van der Waals surface area contributed by atoms with Crippen LogP contribution in [0.5, 0.6) is 0 Å². The van der Waals surface area contributed by atoms with Gasteiger partial charge in [-0.05, 0) is 42.7 Å². The summed E-state index contributed by atoms with van der Waals surface area (Å²) in [6, 6.07) is 8.49. The summed E-state index contributed by atoms with van der Waals surface area (Å²) in [5.74, 6) is -1.77. The first-order valence-electron chi connectivity index (χ1n) is 10.8. The molecule has 1 fully saturated rings. The number of H-pyrrole nitrogens is 1. The number of rotatable bonds is 4.